The zero-order valence-electron chi connectivity index (χ0n) is 15.3. The van der Waals surface area contributed by atoms with E-state index in [2.05, 4.69) is 18.0 Å². The number of nitrogens with zero attached hydrogens (tertiary/aromatic N) is 3. The van der Waals surface area contributed by atoms with Crippen LogP contribution in [-0.2, 0) is 21.2 Å². The minimum Gasteiger partial charge on any atom is -0.309 e. The number of para-hydroxylation sites is 1. The quantitative estimate of drug-likeness (QED) is 0.814. The molecule has 0 N–H and O–H groups in total. The van der Waals surface area contributed by atoms with Crippen LogP contribution in [0.4, 0.5) is 5.69 Å². The van der Waals surface area contributed by atoms with E-state index in [1.54, 1.807) is 18.3 Å². The van der Waals surface area contributed by atoms with Crippen LogP contribution >= 0.6 is 0 Å². The van der Waals surface area contributed by atoms with Crippen LogP contribution in [0.25, 0.3) is 0 Å². The number of fused-ring (bicyclic) bond motifs is 1. The smallest absolute Gasteiger partial charge is 0.244 e. The fourth-order valence-electron chi connectivity index (χ4n) is 4.09. The predicted molar refractivity (Wildman–Crippen MR) is 103 cm³/mol. The second-order valence-corrected chi connectivity index (χ2v) is 9.20. The lowest BCUT2D eigenvalue weighted by Gasteiger charge is -2.34. The summed E-state index contributed by atoms with van der Waals surface area (Å²) >= 11 is 0. The Kier molecular flexibility index (Phi) is 4.74. The summed E-state index contributed by atoms with van der Waals surface area (Å²) in [5.41, 5.74) is 2.20. The van der Waals surface area contributed by atoms with Crippen LogP contribution in [0.5, 0.6) is 0 Å². The number of pyridine rings is 1. The summed E-state index contributed by atoms with van der Waals surface area (Å²) in [6.07, 6.45) is 4.89. The molecule has 2 aliphatic rings. The summed E-state index contributed by atoms with van der Waals surface area (Å²) in [6, 6.07) is 11.4. The van der Waals surface area contributed by atoms with Gasteiger partial charge in [-0.3, -0.25) is 9.78 Å². The fraction of sp³-hybridized carbons (Fsp3) is 0.400. The second kappa shape index (κ2) is 7.05. The lowest BCUT2D eigenvalue weighted by atomic mass is 9.96. The van der Waals surface area contributed by atoms with Gasteiger partial charge in [0.05, 0.1) is 0 Å². The van der Waals surface area contributed by atoms with Gasteiger partial charge in [0.15, 0.2) is 0 Å². The summed E-state index contributed by atoms with van der Waals surface area (Å²) in [4.78, 5) is 19.2. The van der Waals surface area contributed by atoms with Crippen LogP contribution in [0.2, 0.25) is 0 Å². The number of carbonyl (C=O) groups is 1. The minimum absolute atomic E-state index is 0.117. The first-order chi connectivity index (χ1) is 13.0. The molecule has 4 rings (SSSR count). The molecule has 1 atom stereocenters. The van der Waals surface area contributed by atoms with E-state index in [-0.39, 0.29) is 22.8 Å². The maximum absolute atomic E-state index is 13.1. The normalized spacial score (nSPS) is 21.2. The average Bonchev–Trinajstić information content (AvgIpc) is 3.04. The Morgan fingerprint density at radius 1 is 1.11 bits per heavy atom. The number of carbonyl (C=O) groups excluding carboxylic acids is 1. The minimum atomic E-state index is -3.54. The van der Waals surface area contributed by atoms with Crippen molar-refractivity contribution in [1.29, 1.82) is 0 Å². The zero-order chi connectivity index (χ0) is 19.0. The molecule has 1 amide bonds. The fourth-order valence-corrected chi connectivity index (χ4v) is 5.52. The van der Waals surface area contributed by atoms with Gasteiger partial charge in [0.1, 0.15) is 4.90 Å². The van der Waals surface area contributed by atoms with Gasteiger partial charge in [-0.05, 0) is 49.9 Å². The highest BCUT2D eigenvalue weighted by Gasteiger charge is 2.38. The molecule has 1 saturated heterocycles. The van der Waals surface area contributed by atoms with Crippen LogP contribution in [0.3, 0.4) is 0 Å². The van der Waals surface area contributed by atoms with Crippen molar-refractivity contribution >= 4 is 21.6 Å². The van der Waals surface area contributed by atoms with Crippen molar-refractivity contribution in [2.75, 3.05) is 18.0 Å². The Balaban J connectivity index is 1.46. The largest absolute Gasteiger partial charge is 0.309 e. The van der Waals surface area contributed by atoms with Crippen LogP contribution in [0.15, 0.2) is 53.7 Å². The van der Waals surface area contributed by atoms with Crippen molar-refractivity contribution < 1.29 is 13.2 Å². The van der Waals surface area contributed by atoms with Gasteiger partial charge in [0.25, 0.3) is 0 Å². The van der Waals surface area contributed by atoms with E-state index in [9.17, 15) is 13.2 Å². The molecule has 0 radical (unpaired) electrons. The summed E-state index contributed by atoms with van der Waals surface area (Å²) in [5.74, 6) is -0.0233. The number of rotatable bonds is 3. The molecule has 0 bridgehead atoms. The molecule has 0 aliphatic carbocycles. The molecule has 7 heteroatoms. The molecule has 142 valence electrons. The first-order valence-electron chi connectivity index (χ1n) is 9.29. The lowest BCUT2D eigenvalue weighted by molar-refractivity contribution is -0.123. The molecule has 1 aromatic heterocycles. The van der Waals surface area contributed by atoms with Crippen molar-refractivity contribution in [2.24, 2.45) is 5.92 Å². The number of hydrogen-bond donors (Lipinski definition) is 0. The molecule has 1 fully saturated rings. The first-order valence-corrected chi connectivity index (χ1v) is 10.7. The Labute approximate surface area is 159 Å². The summed E-state index contributed by atoms with van der Waals surface area (Å²) < 4.78 is 26.9. The Morgan fingerprint density at radius 3 is 2.56 bits per heavy atom. The molecular weight excluding hydrogens is 362 g/mol. The molecule has 3 heterocycles. The van der Waals surface area contributed by atoms with Crippen molar-refractivity contribution in [3.05, 3.63) is 54.4 Å². The van der Waals surface area contributed by atoms with E-state index >= 15 is 0 Å². The summed E-state index contributed by atoms with van der Waals surface area (Å²) in [6.45, 7) is 2.79. The molecule has 0 saturated carbocycles. The Bertz CT molecular complexity index is 938. The third-order valence-electron chi connectivity index (χ3n) is 5.52. The highest BCUT2D eigenvalue weighted by atomic mass is 32.2. The molecule has 1 aromatic carbocycles. The standard InChI is InChI=1S/C20H23N3O3S/c1-15-13-17-5-2-3-7-19(17)23(15)20(24)16-8-11-22(12-9-16)27(25,26)18-6-4-10-21-14-18/h2-7,10,14-16H,8-9,11-13H2,1H3. The molecule has 2 aliphatic heterocycles. The third kappa shape index (κ3) is 3.26. The monoisotopic (exact) mass is 385 g/mol. The molecule has 27 heavy (non-hydrogen) atoms. The molecule has 6 nitrogen and oxygen atoms in total. The number of aromatic nitrogens is 1. The number of piperidine rings is 1. The van der Waals surface area contributed by atoms with Gasteiger partial charge in [-0.15, -0.1) is 0 Å². The van der Waals surface area contributed by atoms with Gasteiger partial charge < -0.3 is 4.90 Å². The van der Waals surface area contributed by atoms with Crippen LogP contribution in [-0.4, -0.2) is 42.7 Å². The van der Waals surface area contributed by atoms with E-state index in [1.165, 1.54) is 16.1 Å². The highest BCUT2D eigenvalue weighted by molar-refractivity contribution is 7.89. The third-order valence-corrected chi connectivity index (χ3v) is 7.40. The van der Waals surface area contributed by atoms with E-state index in [1.807, 2.05) is 23.1 Å². The second-order valence-electron chi connectivity index (χ2n) is 7.26. The van der Waals surface area contributed by atoms with Gasteiger partial charge in [-0.25, -0.2) is 8.42 Å². The van der Waals surface area contributed by atoms with Crippen LogP contribution < -0.4 is 4.90 Å². The van der Waals surface area contributed by atoms with Crippen molar-refractivity contribution in [2.45, 2.75) is 37.1 Å². The van der Waals surface area contributed by atoms with E-state index in [4.69, 9.17) is 0 Å². The number of benzene rings is 1. The molecule has 1 unspecified atom stereocenters. The lowest BCUT2D eigenvalue weighted by Crippen LogP contribution is -2.46. The predicted octanol–water partition coefficient (Wildman–Crippen LogP) is 2.46. The maximum atomic E-state index is 13.1. The number of amides is 1. The van der Waals surface area contributed by atoms with Crippen molar-refractivity contribution in [1.82, 2.24) is 9.29 Å². The summed E-state index contributed by atoms with van der Waals surface area (Å²) in [7, 11) is -3.54. The van der Waals surface area contributed by atoms with Crippen molar-refractivity contribution in [3.63, 3.8) is 0 Å². The zero-order valence-corrected chi connectivity index (χ0v) is 16.1. The highest BCUT2D eigenvalue weighted by Crippen LogP contribution is 2.35. The van der Waals surface area contributed by atoms with Crippen LogP contribution in [0, 0.1) is 5.92 Å². The van der Waals surface area contributed by atoms with E-state index in [0.29, 0.717) is 25.9 Å². The first kappa shape index (κ1) is 18.1. The maximum Gasteiger partial charge on any atom is 0.244 e. The van der Waals surface area contributed by atoms with Gasteiger partial charge in [0.2, 0.25) is 15.9 Å². The number of anilines is 1. The van der Waals surface area contributed by atoms with Gasteiger partial charge >= 0.3 is 0 Å². The average molecular weight is 385 g/mol. The van der Waals surface area contributed by atoms with Crippen molar-refractivity contribution in [3.8, 4) is 0 Å². The topological polar surface area (TPSA) is 70.6 Å². The SMILES string of the molecule is CC1Cc2ccccc2N1C(=O)C1CCN(S(=O)(=O)c2cccnc2)CC1. The number of sulfonamides is 1. The molecule has 0 spiro atoms. The summed E-state index contributed by atoms with van der Waals surface area (Å²) in [5, 5.41) is 0. The van der Waals surface area contributed by atoms with Gasteiger partial charge in [-0.2, -0.15) is 4.31 Å². The van der Waals surface area contributed by atoms with E-state index in [0.717, 1.165) is 12.1 Å². The van der Waals surface area contributed by atoms with Gasteiger partial charge in [-0.1, -0.05) is 18.2 Å². The molecular formula is C20H23N3O3S. The Morgan fingerprint density at radius 2 is 1.85 bits per heavy atom. The number of hydrogen-bond acceptors (Lipinski definition) is 4. The molecule has 2 aromatic rings. The van der Waals surface area contributed by atoms with E-state index < -0.39 is 10.0 Å². The Hall–Kier alpha value is -2.25. The van der Waals surface area contributed by atoms with Gasteiger partial charge in [0, 0.05) is 43.1 Å². The van der Waals surface area contributed by atoms with Crippen LogP contribution in [0.1, 0.15) is 25.3 Å².